The van der Waals surface area contributed by atoms with Crippen molar-refractivity contribution in [3.63, 3.8) is 0 Å². The van der Waals surface area contributed by atoms with Gasteiger partial charge >= 0.3 is 5.97 Å². The topological polar surface area (TPSA) is 109 Å². The molecule has 2 aliphatic rings. The molecule has 264 valence electrons. The summed E-state index contributed by atoms with van der Waals surface area (Å²) >= 11 is 0. The van der Waals surface area contributed by atoms with E-state index in [0.29, 0.717) is 49.7 Å². The number of piperidine rings is 1. The van der Waals surface area contributed by atoms with E-state index < -0.39 is 13.9 Å². The summed E-state index contributed by atoms with van der Waals surface area (Å²) in [6.07, 6.45) is 5.31. The highest BCUT2D eigenvalue weighted by molar-refractivity contribution is 6.74. The predicted octanol–water partition coefficient (Wildman–Crippen LogP) is 7.47. The molecule has 10 nitrogen and oxygen atoms in total. The lowest BCUT2D eigenvalue weighted by Crippen LogP contribution is -2.44. The van der Waals surface area contributed by atoms with Gasteiger partial charge in [0.15, 0.2) is 13.9 Å². The Morgan fingerprint density at radius 1 is 1.06 bits per heavy atom. The van der Waals surface area contributed by atoms with Gasteiger partial charge in [-0.2, -0.15) is 0 Å². The van der Waals surface area contributed by atoms with Crippen molar-refractivity contribution < 1.29 is 23.2 Å². The molecule has 0 amide bonds. The van der Waals surface area contributed by atoms with E-state index in [4.69, 9.17) is 23.4 Å². The first-order chi connectivity index (χ1) is 22.5. The number of benzene rings is 1. The number of hydrogen-bond donors (Lipinski definition) is 0. The van der Waals surface area contributed by atoms with Gasteiger partial charge in [-0.05, 0) is 110 Å². The third-order valence-corrected chi connectivity index (χ3v) is 14.7. The van der Waals surface area contributed by atoms with Gasteiger partial charge in [-0.3, -0.25) is 14.2 Å². The summed E-state index contributed by atoms with van der Waals surface area (Å²) in [5.74, 6) is 1.62. The maximum Gasteiger partial charge on any atom is 0.306 e. The highest BCUT2D eigenvalue weighted by Gasteiger charge is 2.41. The van der Waals surface area contributed by atoms with Crippen LogP contribution in [0.3, 0.4) is 0 Å². The van der Waals surface area contributed by atoms with Crippen molar-refractivity contribution in [2.75, 3.05) is 26.2 Å². The minimum atomic E-state index is -2.00. The Morgan fingerprint density at radius 3 is 2.48 bits per heavy atom. The van der Waals surface area contributed by atoms with Crippen LogP contribution in [0.5, 0.6) is 5.75 Å². The third-order valence-electron chi connectivity index (χ3n) is 10.2. The molecule has 0 bridgehead atoms. The number of carbonyl (C=O) groups is 1. The summed E-state index contributed by atoms with van der Waals surface area (Å²) < 4.78 is 25.6. The van der Waals surface area contributed by atoms with E-state index in [1.807, 2.05) is 50.5 Å². The second-order valence-corrected chi connectivity index (χ2v) is 20.9. The fraction of sp³-hybridized carbons (Fsp3) is 0.676. The molecule has 0 aliphatic carbocycles. The van der Waals surface area contributed by atoms with Crippen LogP contribution in [0.2, 0.25) is 18.1 Å². The predicted molar refractivity (Wildman–Crippen MR) is 190 cm³/mol. The number of rotatable bonds is 11. The molecule has 48 heavy (non-hydrogen) atoms. The first kappa shape index (κ1) is 36.3. The number of ether oxygens (including phenoxy) is 2. The van der Waals surface area contributed by atoms with Crippen LogP contribution in [-0.2, 0) is 26.9 Å². The molecule has 1 atom stereocenters. The molecule has 5 rings (SSSR count). The smallest absolute Gasteiger partial charge is 0.306 e. The molecule has 2 aliphatic heterocycles. The summed E-state index contributed by atoms with van der Waals surface area (Å²) in [7, 11) is -2.00. The quantitative estimate of drug-likeness (QED) is 0.116. The van der Waals surface area contributed by atoms with E-state index in [2.05, 4.69) is 43.9 Å². The van der Waals surface area contributed by atoms with Crippen LogP contribution in [0.1, 0.15) is 115 Å². The Kier molecular flexibility index (Phi) is 10.9. The highest BCUT2D eigenvalue weighted by atomic mass is 28.4. The van der Waals surface area contributed by atoms with Crippen LogP contribution in [0.4, 0.5) is 0 Å². The molecule has 0 saturated carbocycles. The lowest BCUT2D eigenvalue weighted by atomic mass is 9.91. The number of esters is 1. The number of hydrogen-bond acceptors (Lipinski definition) is 9. The van der Waals surface area contributed by atoms with Crippen LogP contribution in [0, 0.1) is 6.92 Å². The van der Waals surface area contributed by atoms with Gasteiger partial charge in [0.25, 0.3) is 5.56 Å². The third kappa shape index (κ3) is 8.57. The van der Waals surface area contributed by atoms with Crippen LogP contribution in [-0.4, -0.2) is 65.7 Å². The van der Waals surface area contributed by atoms with Gasteiger partial charge in [0.2, 0.25) is 0 Å². The second-order valence-electron chi connectivity index (χ2n) is 16.1. The molecule has 0 radical (unpaired) electrons. The SMILES string of the molecule is Cc1nc2n(c(=O)c1CCN1CCC(c3noc4cc(OCCCC(=O)OC(C)(C)C)ccc34)CC1)CCCC2O[Si](C)(C)C(C)(C)C. The van der Waals surface area contributed by atoms with Crippen molar-refractivity contribution in [1.29, 1.82) is 0 Å². The Balaban J connectivity index is 1.14. The van der Waals surface area contributed by atoms with Crippen LogP contribution in [0.15, 0.2) is 27.5 Å². The number of carbonyl (C=O) groups excluding carboxylic acids is 1. The van der Waals surface area contributed by atoms with Gasteiger partial charge in [-0.25, -0.2) is 4.98 Å². The number of likely N-dealkylation sites (tertiary alicyclic amines) is 1. The summed E-state index contributed by atoms with van der Waals surface area (Å²) in [4.78, 5) is 33.1. The molecule has 1 unspecified atom stereocenters. The molecular formula is C37H56N4O6Si. The van der Waals surface area contributed by atoms with Gasteiger partial charge in [-0.1, -0.05) is 25.9 Å². The lowest BCUT2D eigenvalue weighted by molar-refractivity contribution is -0.155. The van der Waals surface area contributed by atoms with Crippen LogP contribution < -0.4 is 10.3 Å². The second kappa shape index (κ2) is 14.4. The zero-order valence-corrected chi connectivity index (χ0v) is 31.6. The molecule has 1 fully saturated rings. The Bertz CT molecular complexity index is 1640. The van der Waals surface area contributed by atoms with Crippen molar-refractivity contribution in [2.45, 2.75) is 136 Å². The fourth-order valence-corrected chi connectivity index (χ4v) is 7.79. The van der Waals surface area contributed by atoms with Crippen molar-refractivity contribution in [1.82, 2.24) is 19.6 Å². The summed E-state index contributed by atoms with van der Waals surface area (Å²) in [6.45, 7) is 22.7. The maximum atomic E-state index is 13.7. The number of nitrogens with zero attached hydrogens (tertiary/aromatic N) is 4. The van der Waals surface area contributed by atoms with Gasteiger partial charge in [0.05, 0.1) is 12.3 Å². The minimum absolute atomic E-state index is 0.101. The lowest BCUT2D eigenvalue weighted by Gasteiger charge is -2.40. The van der Waals surface area contributed by atoms with E-state index in [1.54, 1.807) is 0 Å². The van der Waals surface area contributed by atoms with Gasteiger partial charge < -0.3 is 23.3 Å². The van der Waals surface area contributed by atoms with Crippen molar-refractivity contribution >= 4 is 25.3 Å². The van der Waals surface area contributed by atoms with Crippen LogP contribution in [0.25, 0.3) is 11.0 Å². The number of aryl methyl sites for hydroxylation is 1. The minimum Gasteiger partial charge on any atom is -0.493 e. The van der Waals surface area contributed by atoms with E-state index in [-0.39, 0.29) is 22.7 Å². The van der Waals surface area contributed by atoms with Crippen molar-refractivity contribution in [2.24, 2.45) is 0 Å². The molecule has 0 spiro atoms. The Morgan fingerprint density at radius 2 is 1.79 bits per heavy atom. The van der Waals surface area contributed by atoms with Crippen molar-refractivity contribution in [3.05, 3.63) is 51.3 Å². The average Bonchev–Trinajstić information content (AvgIpc) is 3.42. The Hall–Kier alpha value is -3.02. The summed E-state index contributed by atoms with van der Waals surface area (Å²) in [5, 5.41) is 5.59. The van der Waals surface area contributed by atoms with Gasteiger partial charge in [0, 0.05) is 48.1 Å². The number of aromatic nitrogens is 3. The van der Waals surface area contributed by atoms with Crippen LogP contribution >= 0.6 is 0 Å². The summed E-state index contributed by atoms with van der Waals surface area (Å²) in [6, 6.07) is 5.85. The molecule has 1 aromatic carbocycles. The monoisotopic (exact) mass is 680 g/mol. The molecule has 0 N–H and O–H groups in total. The maximum absolute atomic E-state index is 13.7. The van der Waals surface area contributed by atoms with Gasteiger partial charge in [0.1, 0.15) is 23.3 Å². The first-order valence-corrected chi connectivity index (χ1v) is 20.7. The van der Waals surface area contributed by atoms with Gasteiger partial charge in [-0.15, -0.1) is 0 Å². The standard InChI is InChI=1S/C37H56N4O6Si/c1-25-28(35(43)41-19-10-12-30(34(41)38-25)47-48(8,9)37(5,6)7)18-22-40-20-16-26(17-21-40)33-29-15-14-27(24-31(29)46-39-33)44-23-11-13-32(42)45-36(2,3)4/h14-15,24,26,30H,10-13,16-23H2,1-9H3. The molecular weight excluding hydrogens is 625 g/mol. The summed E-state index contributed by atoms with van der Waals surface area (Å²) in [5.41, 5.74) is 3.02. The zero-order chi connectivity index (χ0) is 34.9. The zero-order valence-electron chi connectivity index (χ0n) is 30.6. The molecule has 3 aromatic rings. The molecule has 2 aromatic heterocycles. The fourth-order valence-electron chi connectivity index (χ4n) is 6.50. The highest BCUT2D eigenvalue weighted by Crippen LogP contribution is 2.41. The molecule has 4 heterocycles. The van der Waals surface area contributed by atoms with E-state index in [0.717, 1.165) is 73.5 Å². The molecule has 1 saturated heterocycles. The Labute approximate surface area is 286 Å². The normalized spacial score (nSPS) is 18.2. The largest absolute Gasteiger partial charge is 0.493 e. The van der Waals surface area contributed by atoms with E-state index in [1.165, 1.54) is 0 Å². The van der Waals surface area contributed by atoms with E-state index in [9.17, 15) is 9.59 Å². The number of fused-ring (bicyclic) bond motifs is 2. The van der Waals surface area contributed by atoms with Crippen molar-refractivity contribution in [3.8, 4) is 5.75 Å². The van der Waals surface area contributed by atoms with E-state index >= 15 is 0 Å². The first-order valence-electron chi connectivity index (χ1n) is 17.8. The molecule has 11 heteroatoms. The average molecular weight is 681 g/mol.